The number of carbonyl (C=O) groups excluding carboxylic acids is 2. The highest BCUT2D eigenvalue weighted by Crippen LogP contribution is 2.18. The van der Waals surface area contributed by atoms with E-state index >= 15 is 0 Å². The van der Waals surface area contributed by atoms with Crippen molar-refractivity contribution in [3.05, 3.63) is 12.2 Å². The number of allylic oxidation sites excluding steroid dienone is 2. The molecule has 0 aromatic rings. The van der Waals surface area contributed by atoms with Gasteiger partial charge in [0.15, 0.2) is 0 Å². The van der Waals surface area contributed by atoms with E-state index in [1.807, 2.05) is 0 Å². The molecule has 0 saturated heterocycles. The molecule has 0 spiro atoms. The number of rotatable bonds is 60. The fraction of sp³-hybridized carbons (Fsp3) is 0.938. The van der Waals surface area contributed by atoms with Crippen LogP contribution in [0.5, 0.6) is 0 Å². The number of aliphatic hydroxyl groups excluding tert-OH is 2. The van der Waals surface area contributed by atoms with Gasteiger partial charge in [-0.25, -0.2) is 0 Å². The lowest BCUT2D eigenvalue weighted by Crippen LogP contribution is -2.45. The van der Waals surface area contributed by atoms with Gasteiger partial charge in [0.2, 0.25) is 5.91 Å². The van der Waals surface area contributed by atoms with Crippen molar-refractivity contribution in [1.29, 1.82) is 0 Å². The molecule has 0 aliphatic rings. The van der Waals surface area contributed by atoms with E-state index in [1.165, 1.54) is 289 Å². The first-order chi connectivity index (χ1) is 34.5. The minimum Gasteiger partial charge on any atom is -0.466 e. The lowest BCUT2D eigenvalue weighted by molar-refractivity contribution is -0.143. The van der Waals surface area contributed by atoms with Crippen molar-refractivity contribution in [1.82, 2.24) is 5.32 Å². The average molecular weight is 989 g/mol. The lowest BCUT2D eigenvalue weighted by atomic mass is 10.0. The van der Waals surface area contributed by atoms with Gasteiger partial charge in [-0.2, -0.15) is 0 Å². The number of amides is 1. The first kappa shape index (κ1) is 68.6. The molecule has 3 N–H and O–H groups in total. The third-order valence-corrected chi connectivity index (χ3v) is 15.1. The molecule has 0 bridgehead atoms. The molecule has 2 unspecified atom stereocenters. The molecule has 0 radical (unpaired) electrons. The number of ether oxygens (including phenoxy) is 1. The summed E-state index contributed by atoms with van der Waals surface area (Å²) in [6, 6.07) is -0.548. The van der Waals surface area contributed by atoms with Crippen molar-refractivity contribution >= 4 is 11.9 Å². The number of hydrogen-bond donors (Lipinski definition) is 3. The summed E-state index contributed by atoms with van der Waals surface area (Å²) in [5.41, 5.74) is 0. The Morgan fingerprint density at radius 3 is 1.01 bits per heavy atom. The van der Waals surface area contributed by atoms with Gasteiger partial charge in [-0.3, -0.25) is 9.59 Å². The second-order valence-corrected chi connectivity index (χ2v) is 22.1. The predicted octanol–water partition coefficient (Wildman–Crippen LogP) is 20.0. The summed E-state index contributed by atoms with van der Waals surface area (Å²) in [5.74, 6) is -0.0330. The maximum Gasteiger partial charge on any atom is 0.305 e. The molecule has 0 aromatic carbocycles. The summed E-state index contributed by atoms with van der Waals surface area (Å²) in [6.07, 6.45) is 72.2. The second kappa shape index (κ2) is 60.2. The summed E-state index contributed by atoms with van der Waals surface area (Å²) in [7, 11) is 0. The normalized spacial score (nSPS) is 12.6. The van der Waals surface area contributed by atoms with Crippen LogP contribution in [-0.4, -0.2) is 47.4 Å². The third-order valence-electron chi connectivity index (χ3n) is 15.1. The summed E-state index contributed by atoms with van der Waals surface area (Å²) in [5, 5.41) is 23.4. The van der Waals surface area contributed by atoms with Crippen LogP contribution in [-0.2, 0) is 14.3 Å². The highest BCUT2D eigenvalue weighted by Gasteiger charge is 2.20. The third kappa shape index (κ3) is 55.9. The van der Waals surface area contributed by atoms with Gasteiger partial charge in [-0.05, 0) is 51.4 Å². The SMILES string of the molecule is CCCCCCCCCCCCCCCCCCCCCC(O)C(CO)NC(=O)CCCCCCCCC/C=C\CCCCCCCCCCOC(=O)CCCCCCCCCCCCCCCCC. The van der Waals surface area contributed by atoms with Crippen LogP contribution in [0.15, 0.2) is 12.2 Å². The van der Waals surface area contributed by atoms with E-state index < -0.39 is 12.1 Å². The molecule has 0 fully saturated rings. The zero-order valence-corrected chi connectivity index (χ0v) is 47.5. The number of hydrogen-bond acceptors (Lipinski definition) is 5. The summed E-state index contributed by atoms with van der Waals surface area (Å²) >= 11 is 0. The Kier molecular flexibility index (Phi) is 59.0. The van der Waals surface area contributed by atoms with Crippen molar-refractivity contribution in [3.8, 4) is 0 Å². The molecule has 1 amide bonds. The van der Waals surface area contributed by atoms with Crippen molar-refractivity contribution in [2.45, 2.75) is 373 Å². The van der Waals surface area contributed by atoms with Crippen LogP contribution in [0.3, 0.4) is 0 Å². The molecule has 0 aliphatic carbocycles. The molecule has 0 rings (SSSR count). The molecule has 416 valence electrons. The van der Waals surface area contributed by atoms with Gasteiger partial charge in [0.25, 0.3) is 0 Å². The van der Waals surface area contributed by atoms with Crippen molar-refractivity contribution < 1.29 is 24.5 Å². The van der Waals surface area contributed by atoms with Gasteiger partial charge in [-0.15, -0.1) is 0 Å². The van der Waals surface area contributed by atoms with E-state index in [-0.39, 0.29) is 18.5 Å². The Hall–Kier alpha value is -1.40. The number of esters is 1. The Labute approximate surface area is 438 Å². The largest absolute Gasteiger partial charge is 0.466 e. The van der Waals surface area contributed by atoms with Gasteiger partial charge in [-0.1, -0.05) is 309 Å². The van der Waals surface area contributed by atoms with Gasteiger partial charge in [0.05, 0.1) is 25.4 Å². The maximum absolute atomic E-state index is 12.5. The van der Waals surface area contributed by atoms with Crippen LogP contribution in [0.25, 0.3) is 0 Å². The fourth-order valence-electron chi connectivity index (χ4n) is 10.2. The molecule has 0 aromatic heterocycles. The van der Waals surface area contributed by atoms with E-state index in [0.29, 0.717) is 25.9 Å². The summed E-state index contributed by atoms with van der Waals surface area (Å²) in [6.45, 7) is 4.98. The van der Waals surface area contributed by atoms with Gasteiger partial charge >= 0.3 is 5.97 Å². The number of nitrogens with one attached hydrogen (secondary N) is 1. The second-order valence-electron chi connectivity index (χ2n) is 22.1. The molecular formula is C64H125NO5. The monoisotopic (exact) mass is 988 g/mol. The van der Waals surface area contributed by atoms with E-state index in [2.05, 4.69) is 31.3 Å². The molecular weight excluding hydrogens is 863 g/mol. The quantitative estimate of drug-likeness (QED) is 0.0321. The van der Waals surface area contributed by atoms with Crippen molar-refractivity contribution in [2.75, 3.05) is 13.2 Å². The Morgan fingerprint density at radius 2 is 0.671 bits per heavy atom. The Morgan fingerprint density at radius 1 is 0.386 bits per heavy atom. The molecule has 70 heavy (non-hydrogen) atoms. The van der Waals surface area contributed by atoms with E-state index in [4.69, 9.17) is 4.74 Å². The summed E-state index contributed by atoms with van der Waals surface area (Å²) in [4.78, 5) is 24.6. The average Bonchev–Trinajstić information content (AvgIpc) is 3.36. The van der Waals surface area contributed by atoms with Crippen LogP contribution < -0.4 is 5.32 Å². The zero-order chi connectivity index (χ0) is 50.7. The van der Waals surface area contributed by atoms with Crippen molar-refractivity contribution in [2.24, 2.45) is 0 Å². The molecule has 6 heteroatoms. The number of carbonyl (C=O) groups is 2. The van der Waals surface area contributed by atoms with Crippen LogP contribution in [0.4, 0.5) is 0 Å². The van der Waals surface area contributed by atoms with Gasteiger partial charge in [0.1, 0.15) is 0 Å². The molecule has 6 nitrogen and oxygen atoms in total. The molecule has 0 aliphatic heterocycles. The first-order valence-corrected chi connectivity index (χ1v) is 31.9. The minimum atomic E-state index is -0.670. The lowest BCUT2D eigenvalue weighted by Gasteiger charge is -2.22. The van der Waals surface area contributed by atoms with Crippen LogP contribution in [0.2, 0.25) is 0 Å². The highest BCUT2D eigenvalue weighted by atomic mass is 16.5. The highest BCUT2D eigenvalue weighted by molar-refractivity contribution is 5.76. The summed E-state index contributed by atoms with van der Waals surface area (Å²) < 4.78 is 5.48. The number of aliphatic hydroxyl groups is 2. The van der Waals surface area contributed by atoms with Crippen molar-refractivity contribution in [3.63, 3.8) is 0 Å². The molecule has 0 heterocycles. The smallest absolute Gasteiger partial charge is 0.305 e. The van der Waals surface area contributed by atoms with Gasteiger partial charge in [0, 0.05) is 12.8 Å². The Balaban J connectivity index is 3.42. The van der Waals surface area contributed by atoms with E-state index in [1.54, 1.807) is 0 Å². The molecule has 2 atom stereocenters. The standard InChI is InChI=1S/C64H125NO5/c1-3-5-7-9-11-13-15-17-19-20-22-25-29-32-36-40-44-48-52-56-62(67)61(60-66)65-63(68)57-53-49-45-41-37-33-30-26-23-21-24-27-31-35-39-43-47-51-55-59-70-64(69)58-54-50-46-42-38-34-28-18-16-14-12-10-8-6-4-2/h21,23,61-62,66-67H,3-20,22,24-60H2,1-2H3,(H,65,68)/b23-21-. The predicted molar refractivity (Wildman–Crippen MR) is 306 cm³/mol. The topological polar surface area (TPSA) is 95.9 Å². The minimum absolute atomic E-state index is 0.00783. The maximum atomic E-state index is 12.5. The molecule has 0 saturated carbocycles. The fourth-order valence-corrected chi connectivity index (χ4v) is 10.2. The number of unbranched alkanes of at least 4 members (excludes halogenated alkanes) is 47. The first-order valence-electron chi connectivity index (χ1n) is 31.9. The zero-order valence-electron chi connectivity index (χ0n) is 47.5. The van der Waals surface area contributed by atoms with E-state index in [9.17, 15) is 19.8 Å². The van der Waals surface area contributed by atoms with E-state index in [0.717, 1.165) is 38.5 Å². The van der Waals surface area contributed by atoms with Crippen LogP contribution in [0.1, 0.15) is 361 Å². The van der Waals surface area contributed by atoms with Crippen LogP contribution >= 0.6 is 0 Å². The van der Waals surface area contributed by atoms with Crippen LogP contribution in [0, 0.1) is 0 Å². The Bertz CT molecular complexity index is 1050. The van der Waals surface area contributed by atoms with Gasteiger partial charge < -0.3 is 20.3 Å².